The summed E-state index contributed by atoms with van der Waals surface area (Å²) < 4.78 is 0. The van der Waals surface area contributed by atoms with Crippen molar-refractivity contribution >= 4 is 0 Å². The van der Waals surface area contributed by atoms with Crippen molar-refractivity contribution in [2.24, 2.45) is 0 Å². The molecule has 13 heavy (non-hydrogen) atoms. The zero-order chi connectivity index (χ0) is 9.78. The maximum absolute atomic E-state index is 8.52. The summed E-state index contributed by atoms with van der Waals surface area (Å²) >= 11 is 0. The first-order chi connectivity index (χ1) is 6.41. The van der Waals surface area contributed by atoms with Crippen LogP contribution in [0.1, 0.15) is 45.4 Å². The van der Waals surface area contributed by atoms with E-state index in [1.807, 2.05) is 0 Å². The Morgan fingerprint density at radius 2 is 1.38 bits per heavy atom. The highest BCUT2D eigenvalue weighted by Gasteiger charge is 1.79. The summed E-state index contributed by atoms with van der Waals surface area (Å²) in [6, 6.07) is 0. The van der Waals surface area contributed by atoms with Crippen LogP contribution >= 0.6 is 0 Å². The lowest BCUT2D eigenvalue weighted by Gasteiger charge is -1.89. The van der Waals surface area contributed by atoms with Crippen LogP contribution in [0.4, 0.5) is 0 Å². The Labute approximate surface area is 82.2 Å². The molecule has 0 aliphatic heterocycles. The summed E-state index contributed by atoms with van der Waals surface area (Å²) in [6.07, 6.45) is 15.5. The number of allylic oxidation sites excluding steroid dienone is 4. The largest absolute Gasteiger partial charge is 0.396 e. The Kier molecular flexibility index (Phi) is 10.9. The van der Waals surface area contributed by atoms with Crippen LogP contribution in [0.15, 0.2) is 24.3 Å². The Balaban J connectivity index is 3.10. The molecule has 0 amide bonds. The minimum atomic E-state index is 0.306. The molecule has 0 saturated carbocycles. The summed E-state index contributed by atoms with van der Waals surface area (Å²) in [7, 11) is 0. The van der Waals surface area contributed by atoms with Gasteiger partial charge in [-0.3, -0.25) is 0 Å². The number of unbranched alkanes of at least 4 members (excludes halogenated alkanes) is 3. The molecule has 0 atom stereocenters. The lowest BCUT2D eigenvalue weighted by molar-refractivity contribution is 0.289. The quantitative estimate of drug-likeness (QED) is 0.450. The molecule has 0 rings (SSSR count). The van der Waals surface area contributed by atoms with Crippen LogP contribution in [-0.2, 0) is 0 Å². The van der Waals surface area contributed by atoms with Gasteiger partial charge in [0, 0.05) is 6.61 Å². The lowest BCUT2D eigenvalue weighted by atomic mass is 10.2. The van der Waals surface area contributed by atoms with Crippen molar-refractivity contribution in [2.45, 2.75) is 45.4 Å². The summed E-state index contributed by atoms with van der Waals surface area (Å²) in [5.74, 6) is 0. The van der Waals surface area contributed by atoms with Crippen LogP contribution in [-0.4, -0.2) is 11.7 Å². The van der Waals surface area contributed by atoms with Crippen molar-refractivity contribution in [3.63, 3.8) is 0 Å². The molecule has 1 nitrogen and oxygen atoms in total. The maximum Gasteiger partial charge on any atom is 0.0433 e. The Morgan fingerprint density at radius 1 is 0.846 bits per heavy atom. The Morgan fingerprint density at radius 3 is 1.92 bits per heavy atom. The second-order valence-electron chi connectivity index (χ2n) is 3.17. The van der Waals surface area contributed by atoms with Crippen molar-refractivity contribution in [2.75, 3.05) is 6.61 Å². The predicted molar refractivity (Wildman–Crippen MR) is 58.7 cm³/mol. The van der Waals surface area contributed by atoms with Crippen molar-refractivity contribution < 1.29 is 5.11 Å². The second-order valence-corrected chi connectivity index (χ2v) is 3.17. The monoisotopic (exact) mass is 182 g/mol. The van der Waals surface area contributed by atoms with Gasteiger partial charge in [-0.15, -0.1) is 0 Å². The standard InChI is InChI=1S/C12H22O/c1-2-3-4-5-6-7-8-9-10-11-12-13/h4-5,8-9,13H,2-3,6-7,10-12H2,1H3/b5-4+,9-8?. The molecule has 0 saturated heterocycles. The molecule has 0 unspecified atom stereocenters. The highest BCUT2D eigenvalue weighted by Crippen LogP contribution is 1.98. The first kappa shape index (κ1) is 12.4. The molecule has 0 aliphatic carbocycles. The van der Waals surface area contributed by atoms with Gasteiger partial charge < -0.3 is 5.11 Å². The van der Waals surface area contributed by atoms with E-state index in [2.05, 4.69) is 31.2 Å². The average molecular weight is 182 g/mol. The fourth-order valence-corrected chi connectivity index (χ4v) is 1.04. The van der Waals surface area contributed by atoms with Gasteiger partial charge in [-0.2, -0.15) is 0 Å². The van der Waals surface area contributed by atoms with Gasteiger partial charge >= 0.3 is 0 Å². The number of aliphatic hydroxyl groups excluding tert-OH is 1. The second kappa shape index (κ2) is 11.4. The summed E-state index contributed by atoms with van der Waals surface area (Å²) in [6.45, 7) is 2.50. The van der Waals surface area contributed by atoms with E-state index in [9.17, 15) is 0 Å². The van der Waals surface area contributed by atoms with E-state index >= 15 is 0 Å². The van der Waals surface area contributed by atoms with Gasteiger partial charge in [0.15, 0.2) is 0 Å². The molecule has 0 aliphatic rings. The summed E-state index contributed by atoms with van der Waals surface area (Å²) in [5, 5.41) is 8.52. The summed E-state index contributed by atoms with van der Waals surface area (Å²) in [4.78, 5) is 0. The normalized spacial score (nSPS) is 11.8. The van der Waals surface area contributed by atoms with E-state index in [-0.39, 0.29) is 0 Å². The molecule has 0 bridgehead atoms. The van der Waals surface area contributed by atoms with Crippen molar-refractivity contribution in [1.29, 1.82) is 0 Å². The van der Waals surface area contributed by atoms with Gasteiger partial charge in [0.1, 0.15) is 0 Å². The smallest absolute Gasteiger partial charge is 0.0433 e. The van der Waals surface area contributed by atoms with Crippen molar-refractivity contribution in [1.82, 2.24) is 0 Å². The summed E-state index contributed by atoms with van der Waals surface area (Å²) in [5.41, 5.74) is 0. The van der Waals surface area contributed by atoms with E-state index in [1.165, 1.54) is 12.8 Å². The number of hydrogen-bond donors (Lipinski definition) is 1. The molecule has 76 valence electrons. The van der Waals surface area contributed by atoms with Crippen LogP contribution in [0.3, 0.4) is 0 Å². The lowest BCUT2D eigenvalue weighted by Crippen LogP contribution is -1.78. The maximum atomic E-state index is 8.52. The van der Waals surface area contributed by atoms with Crippen LogP contribution in [0.25, 0.3) is 0 Å². The zero-order valence-electron chi connectivity index (χ0n) is 8.71. The average Bonchev–Trinajstić information content (AvgIpc) is 2.16. The van der Waals surface area contributed by atoms with Crippen LogP contribution in [0.2, 0.25) is 0 Å². The van der Waals surface area contributed by atoms with Gasteiger partial charge in [-0.1, -0.05) is 37.6 Å². The minimum Gasteiger partial charge on any atom is -0.396 e. The van der Waals surface area contributed by atoms with Gasteiger partial charge in [-0.05, 0) is 32.1 Å². The molecular formula is C12H22O. The highest BCUT2D eigenvalue weighted by molar-refractivity contribution is 4.87. The topological polar surface area (TPSA) is 20.2 Å². The van der Waals surface area contributed by atoms with Crippen LogP contribution in [0, 0.1) is 0 Å². The first-order valence-electron chi connectivity index (χ1n) is 5.32. The Hall–Kier alpha value is -0.560. The first-order valence-corrected chi connectivity index (χ1v) is 5.32. The number of rotatable bonds is 8. The van der Waals surface area contributed by atoms with Crippen molar-refractivity contribution in [3.8, 4) is 0 Å². The molecule has 1 heteroatoms. The van der Waals surface area contributed by atoms with E-state index in [1.54, 1.807) is 0 Å². The number of hydrogen-bond acceptors (Lipinski definition) is 1. The SMILES string of the molecule is CCC/C=C/CCC=CCCCO. The van der Waals surface area contributed by atoms with Gasteiger partial charge in [0.05, 0.1) is 0 Å². The third-order valence-corrected chi connectivity index (χ3v) is 1.82. The molecule has 0 aromatic rings. The van der Waals surface area contributed by atoms with Crippen molar-refractivity contribution in [3.05, 3.63) is 24.3 Å². The van der Waals surface area contributed by atoms with Crippen LogP contribution in [0.5, 0.6) is 0 Å². The molecule has 0 heterocycles. The number of aliphatic hydroxyl groups is 1. The third kappa shape index (κ3) is 11.4. The van der Waals surface area contributed by atoms with Gasteiger partial charge in [0.2, 0.25) is 0 Å². The Bertz CT molecular complexity index is 136. The minimum absolute atomic E-state index is 0.306. The molecule has 1 N–H and O–H groups in total. The fourth-order valence-electron chi connectivity index (χ4n) is 1.04. The molecule has 0 spiro atoms. The molecule has 0 aromatic heterocycles. The fraction of sp³-hybridized carbons (Fsp3) is 0.667. The molecule has 0 radical (unpaired) electrons. The van der Waals surface area contributed by atoms with E-state index < -0.39 is 0 Å². The van der Waals surface area contributed by atoms with Crippen LogP contribution < -0.4 is 0 Å². The molecule has 0 aromatic carbocycles. The van der Waals surface area contributed by atoms with E-state index in [4.69, 9.17) is 5.11 Å². The third-order valence-electron chi connectivity index (χ3n) is 1.82. The van der Waals surface area contributed by atoms with Gasteiger partial charge in [-0.25, -0.2) is 0 Å². The predicted octanol–water partition coefficient (Wildman–Crippen LogP) is 3.45. The molecule has 0 fully saturated rings. The highest BCUT2D eigenvalue weighted by atomic mass is 16.2. The van der Waals surface area contributed by atoms with Gasteiger partial charge in [0.25, 0.3) is 0 Å². The molecular weight excluding hydrogens is 160 g/mol. The van der Waals surface area contributed by atoms with E-state index in [0.717, 1.165) is 25.7 Å². The zero-order valence-corrected chi connectivity index (χ0v) is 8.71. The van der Waals surface area contributed by atoms with E-state index in [0.29, 0.717) is 6.61 Å².